The highest BCUT2D eigenvalue weighted by molar-refractivity contribution is 6.20. The van der Waals surface area contributed by atoms with Gasteiger partial charge in [0.1, 0.15) is 0 Å². The largest absolute Gasteiger partial charge is 0.373 e. The Morgan fingerprint density at radius 1 is 1.64 bits per heavy atom. The number of ether oxygens (including phenoxy) is 1. The van der Waals surface area contributed by atoms with E-state index in [9.17, 15) is 0 Å². The van der Waals surface area contributed by atoms with Crippen LogP contribution in [0.1, 0.15) is 30.2 Å². The molecule has 2 atom stereocenters. The molecular formula is C10H15ClN2O. The molecule has 0 bridgehead atoms. The summed E-state index contributed by atoms with van der Waals surface area (Å²) < 4.78 is 7.52. The summed E-state index contributed by atoms with van der Waals surface area (Å²) in [6.45, 7) is 2.77. The van der Waals surface area contributed by atoms with E-state index in [1.54, 1.807) is 0 Å². The quantitative estimate of drug-likeness (QED) is 0.671. The van der Waals surface area contributed by atoms with Crippen molar-refractivity contribution in [2.24, 2.45) is 7.05 Å². The molecule has 0 radical (unpaired) electrons. The van der Waals surface area contributed by atoms with Crippen LogP contribution in [0.4, 0.5) is 0 Å². The number of alkyl halides is 1. The lowest BCUT2D eigenvalue weighted by Crippen LogP contribution is -2.20. The van der Waals surface area contributed by atoms with Crippen LogP contribution in [0, 0.1) is 6.92 Å². The van der Waals surface area contributed by atoms with Gasteiger partial charge in [-0.2, -0.15) is 5.10 Å². The second kappa shape index (κ2) is 3.91. The molecule has 3 nitrogen and oxygen atoms in total. The molecule has 78 valence electrons. The average Bonchev–Trinajstić information content (AvgIpc) is 2.45. The third-order valence-electron chi connectivity index (χ3n) is 2.62. The van der Waals surface area contributed by atoms with Gasteiger partial charge in [-0.15, -0.1) is 11.6 Å². The Labute approximate surface area is 89.0 Å². The summed E-state index contributed by atoms with van der Waals surface area (Å²) in [6, 6.07) is 0. The van der Waals surface area contributed by atoms with Gasteiger partial charge >= 0.3 is 0 Å². The zero-order chi connectivity index (χ0) is 10.1. The van der Waals surface area contributed by atoms with Crippen LogP contribution >= 0.6 is 11.6 Å². The number of hydrogen-bond donors (Lipinski definition) is 0. The van der Waals surface area contributed by atoms with Crippen LogP contribution < -0.4 is 0 Å². The summed E-state index contributed by atoms with van der Waals surface area (Å²) in [4.78, 5) is 0. The van der Waals surface area contributed by atoms with E-state index in [0.717, 1.165) is 25.1 Å². The minimum Gasteiger partial charge on any atom is -0.373 e. The van der Waals surface area contributed by atoms with Gasteiger partial charge in [-0.05, 0) is 19.8 Å². The molecule has 0 aromatic carbocycles. The van der Waals surface area contributed by atoms with Crippen LogP contribution in [0.3, 0.4) is 0 Å². The molecule has 0 amide bonds. The van der Waals surface area contributed by atoms with Crippen LogP contribution in [0.25, 0.3) is 0 Å². The molecule has 4 heteroatoms. The molecule has 1 aromatic rings. The number of hydrogen-bond acceptors (Lipinski definition) is 2. The lowest BCUT2D eigenvalue weighted by atomic mass is 10.0. The molecule has 0 aliphatic carbocycles. The van der Waals surface area contributed by atoms with E-state index in [-0.39, 0.29) is 11.5 Å². The minimum atomic E-state index is 0.139. The van der Waals surface area contributed by atoms with Gasteiger partial charge in [0.05, 0.1) is 11.8 Å². The van der Waals surface area contributed by atoms with Crippen molar-refractivity contribution in [3.8, 4) is 0 Å². The maximum atomic E-state index is 6.11. The fourth-order valence-electron chi connectivity index (χ4n) is 1.91. The van der Waals surface area contributed by atoms with Gasteiger partial charge in [-0.3, -0.25) is 4.68 Å². The first kappa shape index (κ1) is 9.99. The molecule has 1 aliphatic rings. The van der Waals surface area contributed by atoms with Gasteiger partial charge < -0.3 is 4.74 Å². The van der Waals surface area contributed by atoms with Crippen molar-refractivity contribution in [3.63, 3.8) is 0 Å². The standard InChI is InChI=1S/C10H15ClN2O/c1-7-9(6-13(2)12-7)10-5-8(11)3-4-14-10/h6,8,10H,3-5H2,1-2H3. The fourth-order valence-corrected chi connectivity index (χ4v) is 2.16. The molecule has 14 heavy (non-hydrogen) atoms. The molecule has 1 fully saturated rings. The van der Waals surface area contributed by atoms with E-state index in [1.807, 2.05) is 24.9 Å². The highest BCUT2D eigenvalue weighted by Crippen LogP contribution is 2.31. The van der Waals surface area contributed by atoms with E-state index in [1.165, 1.54) is 5.56 Å². The van der Waals surface area contributed by atoms with Gasteiger partial charge in [0.15, 0.2) is 0 Å². The molecule has 0 spiro atoms. The van der Waals surface area contributed by atoms with Crippen LogP contribution in [-0.2, 0) is 11.8 Å². The monoisotopic (exact) mass is 214 g/mol. The van der Waals surface area contributed by atoms with Crippen LogP contribution in [0.15, 0.2) is 6.20 Å². The van der Waals surface area contributed by atoms with Gasteiger partial charge in [-0.25, -0.2) is 0 Å². The summed E-state index contributed by atoms with van der Waals surface area (Å²) in [5, 5.41) is 4.55. The number of aromatic nitrogens is 2. The van der Waals surface area contributed by atoms with Crippen molar-refractivity contribution < 1.29 is 4.74 Å². The summed E-state index contributed by atoms with van der Waals surface area (Å²) in [5.74, 6) is 0. The average molecular weight is 215 g/mol. The van der Waals surface area contributed by atoms with Gasteiger partial charge in [0.25, 0.3) is 0 Å². The van der Waals surface area contributed by atoms with E-state index in [0.29, 0.717) is 0 Å². The maximum absolute atomic E-state index is 6.11. The van der Waals surface area contributed by atoms with Crippen LogP contribution in [0.5, 0.6) is 0 Å². The smallest absolute Gasteiger partial charge is 0.0872 e. The molecule has 2 rings (SSSR count). The Balaban J connectivity index is 2.17. The summed E-state index contributed by atoms with van der Waals surface area (Å²) >= 11 is 6.11. The zero-order valence-electron chi connectivity index (χ0n) is 8.53. The topological polar surface area (TPSA) is 27.1 Å². The van der Waals surface area contributed by atoms with Crippen molar-refractivity contribution in [1.82, 2.24) is 9.78 Å². The van der Waals surface area contributed by atoms with Crippen molar-refractivity contribution in [2.75, 3.05) is 6.61 Å². The van der Waals surface area contributed by atoms with Crippen molar-refractivity contribution in [3.05, 3.63) is 17.5 Å². The van der Waals surface area contributed by atoms with E-state index in [2.05, 4.69) is 5.10 Å². The van der Waals surface area contributed by atoms with Gasteiger partial charge in [-0.1, -0.05) is 0 Å². The SMILES string of the molecule is Cc1nn(C)cc1C1CC(Cl)CCO1. The Bertz CT molecular complexity index is 324. The molecule has 1 aromatic heterocycles. The molecule has 1 saturated heterocycles. The molecule has 0 N–H and O–H groups in total. The molecular weight excluding hydrogens is 200 g/mol. The Morgan fingerprint density at radius 3 is 3.00 bits per heavy atom. The lowest BCUT2D eigenvalue weighted by molar-refractivity contribution is 0.0165. The first-order valence-corrected chi connectivity index (χ1v) is 5.36. The first-order chi connectivity index (χ1) is 6.66. The molecule has 2 unspecified atom stereocenters. The van der Waals surface area contributed by atoms with Gasteiger partial charge in [0, 0.05) is 30.8 Å². The number of nitrogens with zero attached hydrogens (tertiary/aromatic N) is 2. The van der Waals surface area contributed by atoms with Crippen molar-refractivity contribution in [1.29, 1.82) is 0 Å². The minimum absolute atomic E-state index is 0.139. The second-order valence-corrected chi connectivity index (χ2v) is 4.44. The van der Waals surface area contributed by atoms with Crippen molar-refractivity contribution >= 4 is 11.6 Å². The predicted octanol–water partition coefficient (Wildman–Crippen LogP) is 2.19. The highest BCUT2D eigenvalue weighted by atomic mass is 35.5. The van der Waals surface area contributed by atoms with E-state index >= 15 is 0 Å². The maximum Gasteiger partial charge on any atom is 0.0872 e. The summed E-state index contributed by atoms with van der Waals surface area (Å²) in [5.41, 5.74) is 2.22. The molecule has 0 saturated carbocycles. The Morgan fingerprint density at radius 2 is 2.43 bits per heavy atom. The number of aryl methyl sites for hydroxylation is 2. The Kier molecular flexibility index (Phi) is 2.79. The second-order valence-electron chi connectivity index (χ2n) is 3.82. The van der Waals surface area contributed by atoms with Gasteiger partial charge in [0.2, 0.25) is 0 Å². The highest BCUT2D eigenvalue weighted by Gasteiger charge is 2.24. The molecule has 1 aliphatic heterocycles. The third-order valence-corrected chi connectivity index (χ3v) is 3.01. The lowest BCUT2D eigenvalue weighted by Gasteiger charge is -2.25. The Hall–Kier alpha value is -0.540. The van der Waals surface area contributed by atoms with E-state index in [4.69, 9.17) is 16.3 Å². The molecule has 2 heterocycles. The normalized spacial score (nSPS) is 27.9. The summed E-state index contributed by atoms with van der Waals surface area (Å²) in [7, 11) is 1.93. The van der Waals surface area contributed by atoms with E-state index < -0.39 is 0 Å². The van der Waals surface area contributed by atoms with Crippen molar-refractivity contribution in [2.45, 2.75) is 31.2 Å². The number of rotatable bonds is 1. The zero-order valence-corrected chi connectivity index (χ0v) is 9.29. The fraction of sp³-hybridized carbons (Fsp3) is 0.700. The third kappa shape index (κ3) is 1.93. The number of halogens is 1. The van der Waals surface area contributed by atoms with Crippen LogP contribution in [-0.4, -0.2) is 21.8 Å². The van der Waals surface area contributed by atoms with Crippen LogP contribution in [0.2, 0.25) is 0 Å². The predicted molar refractivity (Wildman–Crippen MR) is 55.5 cm³/mol. The first-order valence-electron chi connectivity index (χ1n) is 4.92. The summed E-state index contributed by atoms with van der Waals surface area (Å²) in [6.07, 6.45) is 4.01.